The van der Waals surface area contributed by atoms with Crippen molar-refractivity contribution in [2.75, 3.05) is 20.0 Å². The maximum atomic E-state index is 13.5. The Kier molecular flexibility index (Phi) is 6.53. The van der Waals surface area contributed by atoms with E-state index in [9.17, 15) is 4.79 Å². The van der Waals surface area contributed by atoms with E-state index in [0.717, 1.165) is 22.0 Å². The van der Waals surface area contributed by atoms with E-state index in [1.54, 1.807) is 36.3 Å². The average molecular weight is 468 g/mol. The Labute approximate surface area is 196 Å². The van der Waals surface area contributed by atoms with Crippen LogP contribution in [-0.2, 0) is 6.54 Å². The number of aromatic nitrogens is 1. The number of hydrogen-bond donors (Lipinski definition) is 0. The molecule has 0 unspecified atom stereocenters. The third-order valence-electron chi connectivity index (χ3n) is 5.15. The first-order chi connectivity index (χ1) is 15.4. The lowest BCUT2D eigenvalue weighted by Crippen LogP contribution is -2.46. The van der Waals surface area contributed by atoms with E-state index in [1.807, 2.05) is 48.5 Å². The highest BCUT2D eigenvalue weighted by Gasteiger charge is 2.42. The predicted molar refractivity (Wildman–Crippen MR) is 131 cm³/mol. The van der Waals surface area contributed by atoms with Crippen LogP contribution in [0.1, 0.15) is 29.9 Å². The molecule has 0 radical (unpaired) electrons. The van der Waals surface area contributed by atoms with Crippen molar-refractivity contribution < 1.29 is 14.3 Å². The summed E-state index contributed by atoms with van der Waals surface area (Å²) in [5, 5.41) is 3.23. The molecule has 3 aromatic rings. The molecule has 4 rings (SSSR count). The molecule has 32 heavy (non-hydrogen) atoms. The number of para-hydroxylation sites is 1. The number of methoxy groups -OCH3 is 2. The normalized spacial score (nSPS) is 16.4. The van der Waals surface area contributed by atoms with Gasteiger partial charge in [0, 0.05) is 11.1 Å². The van der Waals surface area contributed by atoms with Gasteiger partial charge in [0.1, 0.15) is 10.7 Å². The van der Waals surface area contributed by atoms with Gasteiger partial charge in [0.15, 0.2) is 16.7 Å². The zero-order valence-electron chi connectivity index (χ0n) is 18.5. The highest BCUT2D eigenvalue weighted by Crippen LogP contribution is 2.40. The second-order valence-corrected chi connectivity index (χ2v) is 9.71. The van der Waals surface area contributed by atoms with Crippen LogP contribution < -0.4 is 9.47 Å². The largest absolute Gasteiger partial charge is 0.493 e. The van der Waals surface area contributed by atoms with E-state index in [-0.39, 0.29) is 11.4 Å². The summed E-state index contributed by atoms with van der Waals surface area (Å²) in [6.07, 6.45) is 0. The Balaban J connectivity index is 1.63. The van der Waals surface area contributed by atoms with Crippen molar-refractivity contribution in [3.8, 4) is 22.1 Å². The highest BCUT2D eigenvalue weighted by molar-refractivity contribution is 8.14. The lowest BCUT2D eigenvalue weighted by atomic mass is 10.1. The molecular formula is C24H25N3O3S2. The maximum absolute atomic E-state index is 13.5. The van der Waals surface area contributed by atoms with E-state index in [2.05, 4.69) is 18.8 Å². The van der Waals surface area contributed by atoms with Gasteiger partial charge in [-0.2, -0.15) is 0 Å². The number of ether oxygens (including phenoxy) is 2. The fourth-order valence-electron chi connectivity index (χ4n) is 3.52. The third kappa shape index (κ3) is 4.38. The van der Waals surface area contributed by atoms with Crippen LogP contribution in [0.2, 0.25) is 0 Å². The number of thiazole rings is 1. The van der Waals surface area contributed by atoms with Crippen molar-refractivity contribution in [3.63, 3.8) is 0 Å². The predicted octanol–water partition coefficient (Wildman–Crippen LogP) is 5.35. The van der Waals surface area contributed by atoms with Gasteiger partial charge in [-0.15, -0.1) is 11.3 Å². The third-order valence-corrected chi connectivity index (χ3v) is 7.45. The molecule has 0 N–H and O–H groups in total. The summed E-state index contributed by atoms with van der Waals surface area (Å²) in [5.41, 5.74) is 1.95. The lowest BCUT2D eigenvalue weighted by molar-refractivity contribution is 0.0761. The zero-order valence-corrected chi connectivity index (χ0v) is 20.1. The van der Waals surface area contributed by atoms with Gasteiger partial charge < -0.3 is 9.47 Å². The van der Waals surface area contributed by atoms with E-state index >= 15 is 0 Å². The quantitative estimate of drug-likeness (QED) is 0.489. The van der Waals surface area contributed by atoms with Gasteiger partial charge in [-0.05, 0) is 31.5 Å². The number of amidine groups is 1. The smallest absolute Gasteiger partial charge is 0.279 e. The van der Waals surface area contributed by atoms with Gasteiger partial charge in [0.25, 0.3) is 5.91 Å². The average Bonchev–Trinajstić information content (AvgIpc) is 3.41. The lowest BCUT2D eigenvalue weighted by Gasteiger charge is -2.29. The van der Waals surface area contributed by atoms with Crippen LogP contribution in [0.3, 0.4) is 0 Å². The minimum Gasteiger partial charge on any atom is -0.493 e. The number of thioether (sulfide) groups is 1. The molecule has 1 aromatic heterocycles. The standard InChI is InChI=1S/C24H25N3O3S2/c1-24(2)15-32-23(25-13-16-9-6-5-7-10-16)27(24)22(28)18-14-31-21(26-18)17-11-8-12-19(29-3)20(17)30-4/h5-12,14H,13,15H2,1-4H3. The Hall–Kier alpha value is -2.84. The number of carbonyl (C=O) groups is 1. The van der Waals surface area contributed by atoms with Gasteiger partial charge in [0.05, 0.1) is 31.9 Å². The fourth-order valence-corrected chi connectivity index (χ4v) is 5.56. The molecule has 166 valence electrons. The number of amides is 1. The molecule has 1 aliphatic rings. The minimum atomic E-state index is -0.352. The topological polar surface area (TPSA) is 64.0 Å². The molecule has 0 aliphatic carbocycles. The molecule has 2 heterocycles. The number of rotatable bonds is 6. The second kappa shape index (κ2) is 9.34. The van der Waals surface area contributed by atoms with Crippen LogP contribution in [0, 0.1) is 0 Å². The molecular weight excluding hydrogens is 442 g/mol. The van der Waals surface area contributed by atoms with Crippen LogP contribution in [0.25, 0.3) is 10.6 Å². The Bertz CT molecular complexity index is 1140. The first-order valence-electron chi connectivity index (χ1n) is 10.2. The molecule has 0 spiro atoms. The molecule has 2 aromatic carbocycles. The van der Waals surface area contributed by atoms with Crippen molar-refractivity contribution in [2.45, 2.75) is 25.9 Å². The van der Waals surface area contributed by atoms with Crippen molar-refractivity contribution >= 4 is 34.2 Å². The van der Waals surface area contributed by atoms with E-state index < -0.39 is 0 Å². The molecule has 6 nitrogen and oxygen atoms in total. The summed E-state index contributed by atoms with van der Waals surface area (Å²) in [6, 6.07) is 15.7. The van der Waals surface area contributed by atoms with Crippen LogP contribution in [0.15, 0.2) is 58.9 Å². The van der Waals surface area contributed by atoms with E-state index in [1.165, 1.54) is 11.3 Å². The molecule has 1 saturated heterocycles. The van der Waals surface area contributed by atoms with Crippen molar-refractivity contribution in [3.05, 3.63) is 65.2 Å². The number of nitrogens with zero attached hydrogens (tertiary/aromatic N) is 3. The van der Waals surface area contributed by atoms with Crippen molar-refractivity contribution in [1.82, 2.24) is 9.88 Å². The van der Waals surface area contributed by atoms with Crippen LogP contribution in [-0.4, -0.2) is 46.5 Å². The number of aliphatic imine (C=N–C) groups is 1. The molecule has 0 bridgehead atoms. The number of hydrogen-bond acceptors (Lipinski definition) is 7. The van der Waals surface area contributed by atoms with Gasteiger partial charge in [-0.3, -0.25) is 14.7 Å². The minimum absolute atomic E-state index is 0.142. The van der Waals surface area contributed by atoms with Gasteiger partial charge >= 0.3 is 0 Å². The number of carbonyl (C=O) groups excluding carboxylic acids is 1. The zero-order chi connectivity index (χ0) is 22.7. The summed E-state index contributed by atoms with van der Waals surface area (Å²) in [6.45, 7) is 4.65. The first kappa shape index (κ1) is 22.4. The Morgan fingerprint density at radius 3 is 2.62 bits per heavy atom. The van der Waals surface area contributed by atoms with Crippen LogP contribution >= 0.6 is 23.1 Å². The Morgan fingerprint density at radius 1 is 1.12 bits per heavy atom. The summed E-state index contributed by atoms with van der Waals surface area (Å²) < 4.78 is 10.9. The van der Waals surface area contributed by atoms with Gasteiger partial charge in [0.2, 0.25) is 0 Å². The highest BCUT2D eigenvalue weighted by atomic mass is 32.2. The monoisotopic (exact) mass is 467 g/mol. The second-order valence-electron chi connectivity index (χ2n) is 7.91. The summed E-state index contributed by atoms with van der Waals surface area (Å²) >= 11 is 3.02. The molecule has 8 heteroatoms. The summed E-state index contributed by atoms with van der Waals surface area (Å²) in [5.74, 6) is 1.87. The first-order valence-corrected chi connectivity index (χ1v) is 12.0. The molecule has 0 atom stereocenters. The van der Waals surface area contributed by atoms with Gasteiger partial charge in [-0.25, -0.2) is 4.98 Å². The van der Waals surface area contributed by atoms with Gasteiger partial charge in [-0.1, -0.05) is 48.2 Å². The molecule has 1 amide bonds. The Morgan fingerprint density at radius 2 is 1.91 bits per heavy atom. The van der Waals surface area contributed by atoms with Crippen LogP contribution in [0.5, 0.6) is 11.5 Å². The maximum Gasteiger partial charge on any atom is 0.279 e. The fraction of sp³-hybridized carbons (Fsp3) is 0.292. The van der Waals surface area contributed by atoms with Crippen molar-refractivity contribution in [1.29, 1.82) is 0 Å². The van der Waals surface area contributed by atoms with Crippen LogP contribution in [0.4, 0.5) is 0 Å². The SMILES string of the molecule is COc1cccc(-c2nc(C(=O)N3C(=NCc4ccccc4)SCC3(C)C)cs2)c1OC. The molecule has 0 saturated carbocycles. The van der Waals surface area contributed by atoms with E-state index in [0.29, 0.717) is 28.7 Å². The van der Waals surface area contributed by atoms with E-state index in [4.69, 9.17) is 14.5 Å². The summed E-state index contributed by atoms with van der Waals surface area (Å²) in [7, 11) is 3.20. The van der Waals surface area contributed by atoms with Crippen molar-refractivity contribution in [2.24, 2.45) is 4.99 Å². The molecule has 1 fully saturated rings. The summed E-state index contributed by atoms with van der Waals surface area (Å²) in [4.78, 5) is 24.7. The number of benzene rings is 2. The molecule has 1 aliphatic heterocycles.